The molecule has 4 unspecified atom stereocenters. The van der Waals surface area contributed by atoms with Crippen molar-refractivity contribution in [2.45, 2.75) is 60.9 Å². The van der Waals surface area contributed by atoms with E-state index < -0.39 is 0 Å². The summed E-state index contributed by atoms with van der Waals surface area (Å²) in [5.74, 6) is 1.42. The number of epoxide rings is 1. The van der Waals surface area contributed by atoms with E-state index >= 15 is 0 Å². The molecule has 5 heteroatoms. The van der Waals surface area contributed by atoms with Gasteiger partial charge in [0.1, 0.15) is 18.5 Å². The van der Waals surface area contributed by atoms with Gasteiger partial charge in [-0.05, 0) is 70.2 Å². The van der Waals surface area contributed by atoms with Gasteiger partial charge >= 0.3 is 0 Å². The number of rotatable bonds is 6. The number of ether oxygens (including phenoxy) is 2. The van der Waals surface area contributed by atoms with Crippen LogP contribution < -0.4 is 4.74 Å². The maximum absolute atomic E-state index is 12.7. The molecule has 0 aromatic heterocycles. The molecule has 0 amide bonds. The van der Waals surface area contributed by atoms with E-state index in [9.17, 15) is 4.79 Å². The van der Waals surface area contributed by atoms with Gasteiger partial charge in [-0.25, -0.2) is 0 Å². The highest BCUT2D eigenvalue weighted by atomic mass is 32.2. The van der Waals surface area contributed by atoms with E-state index in [0.29, 0.717) is 17.3 Å². The summed E-state index contributed by atoms with van der Waals surface area (Å²) in [4.78, 5) is 12.7. The maximum Gasteiger partial charge on any atom is 0.219 e. The molecular weight excluding hydrogens is 352 g/mol. The Morgan fingerprint density at radius 3 is 2.76 bits per heavy atom. The third kappa shape index (κ3) is 4.04. The van der Waals surface area contributed by atoms with E-state index in [1.54, 1.807) is 0 Å². The van der Waals surface area contributed by atoms with Crippen LogP contribution in [0.1, 0.15) is 50.4 Å². The Hall–Kier alpha value is -0.650. The fraction of sp³-hybridized carbons (Fsp3) is 0.650. The first-order valence-electron chi connectivity index (χ1n) is 9.11. The lowest BCUT2D eigenvalue weighted by atomic mass is 9.77. The Bertz CT molecular complexity index is 653. The summed E-state index contributed by atoms with van der Waals surface area (Å²) in [5, 5.41) is 0.979. The maximum atomic E-state index is 12.7. The molecule has 25 heavy (non-hydrogen) atoms. The van der Waals surface area contributed by atoms with Crippen LogP contribution in [0.25, 0.3) is 0 Å². The van der Waals surface area contributed by atoms with Crippen molar-refractivity contribution < 1.29 is 14.3 Å². The van der Waals surface area contributed by atoms with E-state index in [0.717, 1.165) is 23.2 Å². The predicted molar refractivity (Wildman–Crippen MR) is 105 cm³/mol. The highest BCUT2D eigenvalue weighted by molar-refractivity contribution is 8.15. The van der Waals surface area contributed by atoms with Crippen molar-refractivity contribution in [3.05, 3.63) is 29.8 Å². The van der Waals surface area contributed by atoms with Crippen LogP contribution in [0.15, 0.2) is 24.3 Å². The van der Waals surface area contributed by atoms with Gasteiger partial charge in [0.25, 0.3) is 0 Å². The molecule has 0 radical (unpaired) electrons. The van der Waals surface area contributed by atoms with Crippen molar-refractivity contribution >= 4 is 28.6 Å². The van der Waals surface area contributed by atoms with Crippen molar-refractivity contribution in [1.29, 1.82) is 0 Å². The first-order valence-corrected chi connectivity index (χ1v) is 10.8. The summed E-state index contributed by atoms with van der Waals surface area (Å²) < 4.78 is 11.3. The number of benzene rings is 1. The third-order valence-electron chi connectivity index (χ3n) is 5.79. The Morgan fingerprint density at radius 2 is 2.12 bits per heavy atom. The van der Waals surface area contributed by atoms with Gasteiger partial charge in [0.2, 0.25) is 5.12 Å². The largest absolute Gasteiger partial charge is 0.491 e. The molecule has 4 rings (SSSR count). The molecule has 1 aromatic rings. The molecule has 0 spiro atoms. The summed E-state index contributed by atoms with van der Waals surface area (Å²) in [6, 6.07) is 7.53. The lowest BCUT2D eigenvalue weighted by molar-refractivity contribution is 0.108. The van der Waals surface area contributed by atoms with Crippen molar-refractivity contribution in [3.63, 3.8) is 0 Å². The van der Waals surface area contributed by atoms with Crippen LogP contribution in [0.3, 0.4) is 0 Å². The second kappa shape index (κ2) is 6.50. The van der Waals surface area contributed by atoms with E-state index in [1.165, 1.54) is 31.0 Å². The number of carbonyl (C=O) groups is 1. The molecule has 2 aliphatic heterocycles. The molecule has 1 aliphatic carbocycles. The molecule has 2 saturated heterocycles. The van der Waals surface area contributed by atoms with E-state index in [1.807, 2.05) is 24.3 Å². The summed E-state index contributed by atoms with van der Waals surface area (Å²) in [7, 11) is 0. The number of carbonyl (C=O) groups excluding carboxylic acids is 1. The minimum absolute atomic E-state index is 0.0138. The smallest absolute Gasteiger partial charge is 0.219 e. The van der Waals surface area contributed by atoms with Crippen molar-refractivity contribution in [2.75, 3.05) is 13.2 Å². The first kappa shape index (κ1) is 17.7. The van der Waals surface area contributed by atoms with Gasteiger partial charge in [-0.2, -0.15) is 0 Å². The Balaban J connectivity index is 1.33. The summed E-state index contributed by atoms with van der Waals surface area (Å²) >= 11 is 3.64. The van der Waals surface area contributed by atoms with E-state index in [4.69, 9.17) is 9.47 Å². The van der Waals surface area contributed by atoms with Gasteiger partial charge in [-0.1, -0.05) is 11.8 Å². The Kier molecular flexibility index (Phi) is 4.62. The fourth-order valence-electron chi connectivity index (χ4n) is 3.70. The van der Waals surface area contributed by atoms with Crippen LogP contribution in [-0.2, 0) is 4.74 Å². The highest BCUT2D eigenvalue weighted by Gasteiger charge is 2.56. The van der Waals surface area contributed by atoms with Crippen molar-refractivity contribution in [3.8, 4) is 5.75 Å². The number of hydrogen-bond donors (Lipinski definition) is 0. The average Bonchev–Trinajstić information content (AvgIpc) is 3.47. The molecular formula is C20H26O3S2. The second-order valence-electron chi connectivity index (χ2n) is 8.17. The molecule has 0 N–H and O–H groups in total. The van der Waals surface area contributed by atoms with Crippen LogP contribution in [0, 0.1) is 5.92 Å². The van der Waals surface area contributed by atoms with E-state index in [-0.39, 0.29) is 16.0 Å². The van der Waals surface area contributed by atoms with Crippen LogP contribution in [0.4, 0.5) is 0 Å². The second-order valence-corrected chi connectivity index (χ2v) is 11.5. The van der Waals surface area contributed by atoms with Crippen LogP contribution in [-0.4, -0.2) is 39.2 Å². The number of fused-ring (bicyclic) bond motifs is 1. The normalized spacial score (nSPS) is 33.5. The topological polar surface area (TPSA) is 38.8 Å². The minimum atomic E-state index is -0.0138. The molecule has 136 valence electrons. The monoisotopic (exact) mass is 378 g/mol. The van der Waals surface area contributed by atoms with E-state index in [2.05, 4.69) is 32.5 Å². The Morgan fingerprint density at radius 1 is 1.40 bits per heavy atom. The predicted octanol–water partition coefficient (Wildman–Crippen LogP) is 4.79. The molecule has 4 atom stereocenters. The molecule has 1 aromatic carbocycles. The zero-order valence-electron chi connectivity index (χ0n) is 15.1. The lowest BCUT2D eigenvalue weighted by Crippen LogP contribution is -2.35. The van der Waals surface area contributed by atoms with Crippen LogP contribution in [0.2, 0.25) is 0 Å². The molecule has 3 nitrogen and oxygen atoms in total. The third-order valence-corrected chi connectivity index (χ3v) is 8.84. The van der Waals surface area contributed by atoms with Crippen molar-refractivity contribution in [1.82, 2.24) is 0 Å². The zero-order valence-corrected chi connectivity index (χ0v) is 16.8. The lowest BCUT2D eigenvalue weighted by Gasteiger charge is -2.36. The first-order chi connectivity index (χ1) is 11.9. The van der Waals surface area contributed by atoms with Crippen LogP contribution >= 0.6 is 23.5 Å². The number of thioether (sulfide) groups is 2. The zero-order chi connectivity index (χ0) is 17.7. The highest BCUT2D eigenvalue weighted by Crippen LogP contribution is 2.64. The van der Waals surface area contributed by atoms with Gasteiger partial charge in [0.15, 0.2) is 0 Å². The quantitative estimate of drug-likeness (QED) is 0.666. The van der Waals surface area contributed by atoms with Crippen molar-refractivity contribution in [2.24, 2.45) is 5.92 Å². The van der Waals surface area contributed by atoms with Gasteiger partial charge < -0.3 is 9.47 Å². The standard InChI is InChI=1S/C20H26O3S2/c1-19(2,14-8-9-20(3)17(10-14)24-20)25-18(21)13-4-6-15(7-5-13)22-11-16-12-23-16/h4-7,14,16-17H,8-12H2,1-3H3. The Labute approximate surface area is 158 Å². The number of hydrogen-bond acceptors (Lipinski definition) is 5. The van der Waals surface area contributed by atoms with Gasteiger partial charge in [0.05, 0.1) is 6.61 Å². The molecule has 2 heterocycles. The molecule has 3 fully saturated rings. The summed E-state index contributed by atoms with van der Waals surface area (Å²) in [5.41, 5.74) is 0.759. The SMILES string of the molecule is CC(C)(SC(=O)c1ccc(OCC2CO2)cc1)C1CCC2(C)SC2C1. The van der Waals surface area contributed by atoms with Gasteiger partial charge in [0, 0.05) is 20.3 Å². The average molecular weight is 379 g/mol. The molecule has 3 aliphatic rings. The van der Waals surface area contributed by atoms with Gasteiger partial charge in [-0.3, -0.25) is 4.79 Å². The minimum Gasteiger partial charge on any atom is -0.491 e. The fourth-order valence-corrected chi connectivity index (χ4v) is 6.17. The molecule has 0 bridgehead atoms. The van der Waals surface area contributed by atoms with Gasteiger partial charge in [-0.15, -0.1) is 11.8 Å². The summed E-state index contributed by atoms with van der Waals surface area (Å²) in [6.45, 7) is 8.26. The molecule has 1 saturated carbocycles. The summed E-state index contributed by atoms with van der Waals surface area (Å²) in [6.07, 6.45) is 4.04. The van der Waals surface area contributed by atoms with Crippen LogP contribution in [0.5, 0.6) is 5.75 Å².